The van der Waals surface area contributed by atoms with Crippen LogP contribution in [0.2, 0.25) is 5.02 Å². The van der Waals surface area contributed by atoms with Gasteiger partial charge < -0.3 is 15.4 Å². The van der Waals surface area contributed by atoms with Crippen LogP contribution in [0.3, 0.4) is 0 Å². The Morgan fingerprint density at radius 2 is 2.21 bits per heavy atom. The second kappa shape index (κ2) is 6.73. The van der Waals surface area contributed by atoms with E-state index >= 15 is 0 Å². The van der Waals surface area contributed by atoms with E-state index in [2.05, 4.69) is 10.6 Å². The summed E-state index contributed by atoms with van der Waals surface area (Å²) in [5, 5.41) is 6.11. The van der Waals surface area contributed by atoms with Crippen LogP contribution in [-0.4, -0.2) is 31.6 Å². The molecule has 0 radical (unpaired) electrons. The van der Waals surface area contributed by atoms with Crippen molar-refractivity contribution < 1.29 is 13.9 Å². The maximum Gasteiger partial charge on any atom is 0.258 e. The van der Waals surface area contributed by atoms with Gasteiger partial charge in [0.25, 0.3) is 5.91 Å². The molecule has 1 saturated heterocycles. The van der Waals surface area contributed by atoms with Crippen LogP contribution in [0, 0.1) is 5.82 Å². The minimum absolute atomic E-state index is 0.0173. The van der Waals surface area contributed by atoms with Gasteiger partial charge in [0.2, 0.25) is 0 Å². The quantitative estimate of drug-likeness (QED) is 0.886. The van der Waals surface area contributed by atoms with E-state index in [0.29, 0.717) is 5.75 Å². The number of halogens is 2. The lowest BCUT2D eigenvalue weighted by atomic mass is 10.1. The highest BCUT2D eigenvalue weighted by Crippen LogP contribution is 2.20. The van der Waals surface area contributed by atoms with Crippen LogP contribution in [0.15, 0.2) is 18.2 Å². The molecule has 0 atom stereocenters. The van der Waals surface area contributed by atoms with Crippen LogP contribution in [0.4, 0.5) is 4.39 Å². The van der Waals surface area contributed by atoms with E-state index in [-0.39, 0.29) is 23.6 Å². The molecule has 0 aromatic heterocycles. The van der Waals surface area contributed by atoms with Gasteiger partial charge in [0.15, 0.2) is 6.61 Å². The van der Waals surface area contributed by atoms with E-state index < -0.39 is 5.82 Å². The molecule has 4 nitrogen and oxygen atoms in total. The van der Waals surface area contributed by atoms with Crippen molar-refractivity contribution in [3.63, 3.8) is 0 Å². The third-order valence-electron chi connectivity index (χ3n) is 2.97. The number of rotatable bonds is 4. The topological polar surface area (TPSA) is 50.4 Å². The van der Waals surface area contributed by atoms with Crippen molar-refractivity contribution in [2.24, 2.45) is 0 Å². The number of carbonyl (C=O) groups is 1. The largest absolute Gasteiger partial charge is 0.484 e. The molecule has 2 rings (SSSR count). The van der Waals surface area contributed by atoms with Gasteiger partial charge in [0.1, 0.15) is 11.6 Å². The van der Waals surface area contributed by atoms with Crippen LogP contribution in [0.5, 0.6) is 5.75 Å². The lowest BCUT2D eigenvalue weighted by Gasteiger charge is -2.23. The van der Waals surface area contributed by atoms with E-state index in [4.69, 9.17) is 16.3 Å². The van der Waals surface area contributed by atoms with Gasteiger partial charge in [-0.15, -0.1) is 0 Å². The van der Waals surface area contributed by atoms with Crippen molar-refractivity contribution in [2.75, 3.05) is 19.7 Å². The van der Waals surface area contributed by atoms with Crippen molar-refractivity contribution in [1.82, 2.24) is 10.6 Å². The number of ether oxygens (including phenoxy) is 1. The highest BCUT2D eigenvalue weighted by atomic mass is 35.5. The molecule has 1 aromatic carbocycles. The second-order valence-electron chi connectivity index (χ2n) is 4.46. The molecule has 104 valence electrons. The molecule has 0 saturated carbocycles. The SMILES string of the molecule is O=C(COc1ccc(F)c(Cl)c1)NC1CCNCC1. The zero-order valence-corrected chi connectivity index (χ0v) is 11.2. The first-order valence-electron chi connectivity index (χ1n) is 6.23. The normalized spacial score (nSPS) is 16.1. The Balaban J connectivity index is 1.77. The highest BCUT2D eigenvalue weighted by molar-refractivity contribution is 6.30. The lowest BCUT2D eigenvalue weighted by molar-refractivity contribution is -0.123. The molecule has 0 aliphatic carbocycles. The van der Waals surface area contributed by atoms with Crippen LogP contribution in [-0.2, 0) is 4.79 Å². The standard InChI is InChI=1S/C13H16ClFN2O2/c14-11-7-10(1-2-12(11)15)19-8-13(18)17-9-3-5-16-6-4-9/h1-2,7,9,16H,3-6,8H2,(H,17,18). The van der Waals surface area contributed by atoms with Crippen LogP contribution < -0.4 is 15.4 Å². The number of piperidine rings is 1. The Bertz CT molecular complexity index is 450. The minimum atomic E-state index is -0.506. The molecule has 0 spiro atoms. The third kappa shape index (κ3) is 4.36. The molecule has 1 heterocycles. The second-order valence-corrected chi connectivity index (χ2v) is 4.86. The monoisotopic (exact) mass is 286 g/mol. The fourth-order valence-electron chi connectivity index (χ4n) is 1.95. The predicted octanol–water partition coefficient (Wildman–Crippen LogP) is 1.73. The number of nitrogens with one attached hydrogen (secondary N) is 2. The summed E-state index contributed by atoms with van der Waals surface area (Å²) in [4.78, 5) is 11.7. The van der Waals surface area contributed by atoms with Gasteiger partial charge in [-0.25, -0.2) is 4.39 Å². The fourth-order valence-corrected chi connectivity index (χ4v) is 2.12. The molecular weight excluding hydrogens is 271 g/mol. The molecule has 1 amide bonds. The van der Waals surface area contributed by atoms with Crippen molar-refractivity contribution in [2.45, 2.75) is 18.9 Å². The highest BCUT2D eigenvalue weighted by Gasteiger charge is 2.15. The fraction of sp³-hybridized carbons (Fsp3) is 0.462. The molecule has 0 unspecified atom stereocenters. The van der Waals surface area contributed by atoms with E-state index in [9.17, 15) is 9.18 Å². The Morgan fingerprint density at radius 3 is 2.89 bits per heavy atom. The Hall–Kier alpha value is -1.33. The van der Waals surface area contributed by atoms with Gasteiger partial charge in [-0.2, -0.15) is 0 Å². The van der Waals surface area contributed by atoms with Gasteiger partial charge in [-0.05, 0) is 38.1 Å². The molecule has 1 aliphatic rings. The van der Waals surface area contributed by atoms with Gasteiger partial charge >= 0.3 is 0 Å². The van der Waals surface area contributed by atoms with Crippen molar-refractivity contribution >= 4 is 17.5 Å². The van der Waals surface area contributed by atoms with Gasteiger partial charge in [0.05, 0.1) is 5.02 Å². The first kappa shape index (κ1) is 14.1. The van der Waals surface area contributed by atoms with Crippen molar-refractivity contribution in [3.05, 3.63) is 29.0 Å². The summed E-state index contributed by atoms with van der Waals surface area (Å²) in [6, 6.07) is 4.21. The molecule has 1 aliphatic heterocycles. The molecule has 1 aromatic rings. The predicted molar refractivity (Wildman–Crippen MR) is 70.9 cm³/mol. The Labute approximate surface area is 116 Å². The number of hydrogen-bond donors (Lipinski definition) is 2. The molecule has 19 heavy (non-hydrogen) atoms. The minimum Gasteiger partial charge on any atom is -0.484 e. The molecule has 1 fully saturated rings. The van der Waals surface area contributed by atoms with Gasteiger partial charge in [-0.3, -0.25) is 4.79 Å². The van der Waals surface area contributed by atoms with E-state index in [0.717, 1.165) is 25.9 Å². The maximum absolute atomic E-state index is 12.9. The van der Waals surface area contributed by atoms with E-state index in [1.807, 2.05) is 0 Å². The van der Waals surface area contributed by atoms with Crippen LogP contribution >= 0.6 is 11.6 Å². The number of amides is 1. The number of carbonyl (C=O) groups excluding carboxylic acids is 1. The van der Waals surface area contributed by atoms with E-state index in [1.54, 1.807) is 0 Å². The van der Waals surface area contributed by atoms with Gasteiger partial charge in [0, 0.05) is 12.1 Å². The van der Waals surface area contributed by atoms with Crippen molar-refractivity contribution in [3.8, 4) is 5.75 Å². The Kier molecular flexibility index (Phi) is 4.99. The summed E-state index contributed by atoms with van der Waals surface area (Å²) in [6.07, 6.45) is 1.85. The number of hydrogen-bond acceptors (Lipinski definition) is 3. The maximum atomic E-state index is 12.9. The summed E-state index contributed by atoms with van der Waals surface area (Å²) in [6.45, 7) is 1.74. The van der Waals surface area contributed by atoms with Crippen LogP contribution in [0.1, 0.15) is 12.8 Å². The summed E-state index contributed by atoms with van der Waals surface area (Å²) in [7, 11) is 0. The summed E-state index contributed by atoms with van der Waals surface area (Å²) in [5.74, 6) is -0.299. The van der Waals surface area contributed by atoms with Crippen molar-refractivity contribution in [1.29, 1.82) is 0 Å². The molecule has 6 heteroatoms. The Morgan fingerprint density at radius 1 is 1.47 bits per heavy atom. The average molecular weight is 287 g/mol. The molecular formula is C13H16ClFN2O2. The molecule has 2 N–H and O–H groups in total. The zero-order valence-electron chi connectivity index (χ0n) is 10.4. The number of benzene rings is 1. The third-order valence-corrected chi connectivity index (χ3v) is 3.25. The van der Waals surface area contributed by atoms with Gasteiger partial charge in [-0.1, -0.05) is 11.6 Å². The lowest BCUT2D eigenvalue weighted by Crippen LogP contribution is -2.44. The molecule has 0 bridgehead atoms. The van der Waals surface area contributed by atoms with E-state index in [1.165, 1.54) is 18.2 Å². The first-order chi connectivity index (χ1) is 9.15. The average Bonchev–Trinajstić information content (AvgIpc) is 2.41. The summed E-state index contributed by atoms with van der Waals surface area (Å²) < 4.78 is 18.2. The summed E-state index contributed by atoms with van der Waals surface area (Å²) >= 11 is 5.62. The summed E-state index contributed by atoms with van der Waals surface area (Å²) in [5.41, 5.74) is 0. The zero-order chi connectivity index (χ0) is 13.7. The smallest absolute Gasteiger partial charge is 0.258 e. The van der Waals surface area contributed by atoms with Crippen LogP contribution in [0.25, 0.3) is 0 Å². The first-order valence-corrected chi connectivity index (χ1v) is 6.61.